The Bertz CT molecular complexity index is 1130. The van der Waals surface area contributed by atoms with E-state index in [-0.39, 0.29) is 17.4 Å². The van der Waals surface area contributed by atoms with E-state index in [9.17, 15) is 9.59 Å². The Balaban J connectivity index is 1.35. The van der Waals surface area contributed by atoms with Gasteiger partial charge in [-0.1, -0.05) is 31.2 Å². The predicted octanol–water partition coefficient (Wildman–Crippen LogP) is 3.34. The van der Waals surface area contributed by atoms with E-state index in [0.717, 1.165) is 49.5 Å². The van der Waals surface area contributed by atoms with Crippen molar-refractivity contribution in [1.82, 2.24) is 15.1 Å². The fourth-order valence-corrected chi connectivity index (χ4v) is 4.08. The van der Waals surface area contributed by atoms with E-state index in [4.69, 9.17) is 4.74 Å². The van der Waals surface area contributed by atoms with Crippen molar-refractivity contribution < 1.29 is 9.53 Å². The summed E-state index contributed by atoms with van der Waals surface area (Å²) in [5, 5.41) is 7.65. The zero-order chi connectivity index (χ0) is 23.2. The number of benzene rings is 2. The van der Waals surface area contributed by atoms with Crippen molar-refractivity contribution in [3.8, 4) is 11.4 Å². The average Bonchev–Trinajstić information content (AvgIpc) is 2.88. The van der Waals surface area contributed by atoms with E-state index in [1.165, 1.54) is 16.3 Å². The van der Waals surface area contributed by atoms with Gasteiger partial charge < -0.3 is 15.0 Å². The molecule has 0 saturated carbocycles. The summed E-state index contributed by atoms with van der Waals surface area (Å²) in [5.74, 6) is 1.55. The third kappa shape index (κ3) is 5.42. The number of amides is 1. The number of rotatable bonds is 7. The molecular weight excluding hydrogens is 416 g/mol. The fourth-order valence-electron chi connectivity index (χ4n) is 4.08. The van der Waals surface area contributed by atoms with Gasteiger partial charge in [-0.25, -0.2) is 0 Å². The zero-order valence-corrected chi connectivity index (χ0v) is 19.2. The molecule has 1 N–H and O–H groups in total. The van der Waals surface area contributed by atoms with E-state index >= 15 is 0 Å². The number of hydrogen-bond acceptors (Lipinski definition) is 5. The molecule has 1 aliphatic heterocycles. The Hall–Kier alpha value is -3.61. The summed E-state index contributed by atoms with van der Waals surface area (Å²) in [6.45, 7) is 4.12. The molecule has 1 saturated heterocycles. The molecule has 1 fully saturated rings. The molecule has 7 heteroatoms. The van der Waals surface area contributed by atoms with Gasteiger partial charge >= 0.3 is 0 Å². The number of ether oxygens (including phenoxy) is 1. The molecule has 0 bridgehead atoms. The van der Waals surface area contributed by atoms with Gasteiger partial charge in [0, 0.05) is 31.6 Å². The van der Waals surface area contributed by atoms with Crippen LogP contribution in [0.3, 0.4) is 0 Å². The largest absolute Gasteiger partial charge is 0.497 e. The highest BCUT2D eigenvalue weighted by molar-refractivity contribution is 5.79. The third-order valence-corrected chi connectivity index (χ3v) is 6.19. The number of methoxy groups -OCH3 is 1. The summed E-state index contributed by atoms with van der Waals surface area (Å²) in [6.07, 6.45) is 2.52. The van der Waals surface area contributed by atoms with E-state index in [0.29, 0.717) is 12.2 Å². The van der Waals surface area contributed by atoms with Crippen LogP contribution in [0.4, 0.5) is 5.82 Å². The summed E-state index contributed by atoms with van der Waals surface area (Å²) < 4.78 is 6.59. The quantitative estimate of drug-likeness (QED) is 0.602. The summed E-state index contributed by atoms with van der Waals surface area (Å²) in [4.78, 5) is 27.2. The third-order valence-electron chi connectivity index (χ3n) is 6.19. The molecule has 172 valence electrons. The molecule has 2 aromatic carbocycles. The molecule has 0 atom stereocenters. The van der Waals surface area contributed by atoms with Crippen LogP contribution in [0, 0.1) is 5.92 Å². The maximum atomic E-state index is 12.7. The fraction of sp³-hybridized carbons (Fsp3) is 0.346. The lowest BCUT2D eigenvalue weighted by Gasteiger charge is -2.32. The van der Waals surface area contributed by atoms with Gasteiger partial charge in [0.15, 0.2) is 0 Å². The highest BCUT2D eigenvalue weighted by atomic mass is 16.5. The topological polar surface area (TPSA) is 76.5 Å². The Labute approximate surface area is 194 Å². The SMILES string of the molecule is CCc1ccc(CNC(=O)C2CCN(c3ccc(=O)n(-c4ccc(OC)cc4)n3)CC2)cc1. The van der Waals surface area contributed by atoms with Crippen molar-refractivity contribution in [1.29, 1.82) is 0 Å². The van der Waals surface area contributed by atoms with Crippen LogP contribution in [-0.2, 0) is 17.8 Å². The standard InChI is InChI=1S/C26H30N4O3/c1-3-19-4-6-20(7-5-19)18-27-26(32)21-14-16-29(17-15-21)24-12-13-25(31)30(28-24)22-8-10-23(33-2)11-9-22/h4-13,21H,3,14-18H2,1-2H3,(H,27,32). The lowest BCUT2D eigenvalue weighted by Crippen LogP contribution is -2.41. The first-order valence-electron chi connectivity index (χ1n) is 11.4. The van der Waals surface area contributed by atoms with Crippen LogP contribution < -0.4 is 20.5 Å². The number of aryl methyl sites for hydroxylation is 1. The number of piperidine rings is 1. The van der Waals surface area contributed by atoms with E-state index < -0.39 is 0 Å². The number of hydrogen-bond donors (Lipinski definition) is 1. The summed E-state index contributed by atoms with van der Waals surface area (Å²) in [7, 11) is 1.60. The molecule has 0 radical (unpaired) electrons. The predicted molar refractivity (Wildman–Crippen MR) is 129 cm³/mol. The van der Waals surface area contributed by atoms with E-state index in [1.54, 1.807) is 25.3 Å². The number of aromatic nitrogens is 2. The Morgan fingerprint density at radius 2 is 1.67 bits per heavy atom. The average molecular weight is 447 g/mol. The minimum Gasteiger partial charge on any atom is -0.497 e. The van der Waals surface area contributed by atoms with Crippen LogP contribution >= 0.6 is 0 Å². The first-order valence-corrected chi connectivity index (χ1v) is 11.4. The van der Waals surface area contributed by atoms with Crippen molar-refractivity contribution in [3.63, 3.8) is 0 Å². The van der Waals surface area contributed by atoms with Crippen LogP contribution in [0.15, 0.2) is 65.5 Å². The van der Waals surface area contributed by atoms with Gasteiger partial charge in [-0.15, -0.1) is 5.10 Å². The Kier molecular flexibility index (Phi) is 7.07. The molecule has 1 aromatic heterocycles. The summed E-state index contributed by atoms with van der Waals surface area (Å²) in [6, 6.07) is 18.9. The molecule has 33 heavy (non-hydrogen) atoms. The minimum absolute atomic E-state index is 0.0105. The van der Waals surface area contributed by atoms with Crippen LogP contribution in [0.25, 0.3) is 5.69 Å². The number of anilines is 1. The molecule has 0 aliphatic carbocycles. The molecule has 3 aromatic rings. The molecule has 1 amide bonds. The first-order chi connectivity index (χ1) is 16.1. The van der Waals surface area contributed by atoms with Crippen LogP contribution in [0.1, 0.15) is 30.9 Å². The number of nitrogens with zero attached hydrogens (tertiary/aromatic N) is 3. The first kappa shape index (κ1) is 22.6. The second-order valence-corrected chi connectivity index (χ2v) is 8.29. The van der Waals surface area contributed by atoms with Gasteiger partial charge in [0.1, 0.15) is 11.6 Å². The monoisotopic (exact) mass is 446 g/mol. The van der Waals surface area contributed by atoms with Gasteiger partial charge in [-0.3, -0.25) is 9.59 Å². The molecule has 0 unspecified atom stereocenters. The van der Waals surface area contributed by atoms with Gasteiger partial charge in [0.25, 0.3) is 5.56 Å². The maximum Gasteiger partial charge on any atom is 0.271 e. The smallest absolute Gasteiger partial charge is 0.271 e. The molecular formula is C26H30N4O3. The van der Waals surface area contributed by atoms with Crippen LogP contribution in [0.2, 0.25) is 0 Å². The Morgan fingerprint density at radius 3 is 2.30 bits per heavy atom. The molecule has 1 aliphatic rings. The molecule has 7 nitrogen and oxygen atoms in total. The highest BCUT2D eigenvalue weighted by Gasteiger charge is 2.25. The molecule has 2 heterocycles. The van der Waals surface area contributed by atoms with Crippen LogP contribution in [-0.4, -0.2) is 35.9 Å². The van der Waals surface area contributed by atoms with Crippen molar-refractivity contribution in [2.45, 2.75) is 32.7 Å². The second kappa shape index (κ2) is 10.3. The summed E-state index contributed by atoms with van der Waals surface area (Å²) >= 11 is 0. The Morgan fingerprint density at radius 1 is 1.00 bits per heavy atom. The number of carbonyl (C=O) groups is 1. The van der Waals surface area contributed by atoms with Crippen molar-refractivity contribution in [2.24, 2.45) is 5.92 Å². The van der Waals surface area contributed by atoms with Crippen molar-refractivity contribution >= 4 is 11.7 Å². The van der Waals surface area contributed by atoms with Crippen LogP contribution in [0.5, 0.6) is 5.75 Å². The van der Waals surface area contributed by atoms with E-state index in [1.807, 2.05) is 12.1 Å². The molecule has 4 rings (SSSR count). The van der Waals surface area contributed by atoms with Gasteiger partial charge in [-0.05, 0) is 60.7 Å². The van der Waals surface area contributed by atoms with Crippen molar-refractivity contribution in [3.05, 3.63) is 82.1 Å². The van der Waals surface area contributed by atoms with Crippen molar-refractivity contribution in [2.75, 3.05) is 25.1 Å². The maximum absolute atomic E-state index is 12.7. The van der Waals surface area contributed by atoms with Gasteiger partial charge in [0.05, 0.1) is 12.8 Å². The zero-order valence-electron chi connectivity index (χ0n) is 19.2. The normalized spacial score (nSPS) is 14.2. The van der Waals surface area contributed by atoms with Gasteiger partial charge in [0.2, 0.25) is 5.91 Å². The lowest BCUT2D eigenvalue weighted by molar-refractivity contribution is -0.125. The second-order valence-electron chi connectivity index (χ2n) is 8.29. The number of nitrogens with one attached hydrogen (secondary N) is 1. The molecule has 0 spiro atoms. The van der Waals surface area contributed by atoms with E-state index in [2.05, 4.69) is 46.5 Å². The number of carbonyl (C=O) groups excluding carboxylic acids is 1. The summed E-state index contributed by atoms with van der Waals surface area (Å²) in [5.41, 5.74) is 2.90. The lowest BCUT2D eigenvalue weighted by atomic mass is 9.96. The highest BCUT2D eigenvalue weighted by Crippen LogP contribution is 2.22. The minimum atomic E-state index is -0.190. The van der Waals surface area contributed by atoms with Gasteiger partial charge in [-0.2, -0.15) is 4.68 Å².